The number of nitrogens with zero attached hydrogens (tertiary/aromatic N) is 2. The third kappa shape index (κ3) is 3.77. The van der Waals surface area contributed by atoms with Crippen LogP contribution in [0.3, 0.4) is 0 Å². The van der Waals surface area contributed by atoms with E-state index in [1.165, 1.54) is 30.6 Å². The van der Waals surface area contributed by atoms with Crippen LogP contribution >= 0.6 is 0 Å². The number of sulfonamides is 1. The lowest BCUT2D eigenvalue weighted by molar-refractivity contribution is 0.216. The molecule has 2 aromatic heterocycles. The van der Waals surface area contributed by atoms with Gasteiger partial charge in [-0.3, -0.25) is 9.71 Å². The Morgan fingerprint density at radius 3 is 2.89 bits per heavy atom. The molecule has 140 valence electrons. The first kappa shape index (κ1) is 18.8. The molecule has 0 spiro atoms. The van der Waals surface area contributed by atoms with Gasteiger partial charge in [0.15, 0.2) is 5.82 Å². The van der Waals surface area contributed by atoms with Crippen molar-refractivity contribution in [2.75, 3.05) is 10.5 Å². The number of aromatic nitrogens is 2. The van der Waals surface area contributed by atoms with E-state index in [0.29, 0.717) is 23.0 Å². The minimum Gasteiger partial charge on any atom is -0.383 e. The van der Waals surface area contributed by atoms with Crippen molar-refractivity contribution in [3.63, 3.8) is 0 Å². The molecule has 0 fully saturated rings. The highest BCUT2D eigenvalue weighted by atomic mass is 32.2. The van der Waals surface area contributed by atoms with Crippen LogP contribution in [0.1, 0.15) is 30.6 Å². The lowest BCUT2D eigenvalue weighted by Gasteiger charge is -2.15. The molecule has 0 bridgehead atoms. The highest BCUT2D eigenvalue weighted by Crippen LogP contribution is 2.33. The summed E-state index contributed by atoms with van der Waals surface area (Å²) in [7, 11) is -3.67. The SMILES string of the molecule is [C-]#[N+]c1cnc2[nH]cc(C(O)c3cccc(NS(=O)(=O)CCC)c3F)c2c1. The van der Waals surface area contributed by atoms with Crippen molar-refractivity contribution in [1.82, 2.24) is 9.97 Å². The number of anilines is 1. The molecule has 2 heterocycles. The molecule has 1 aromatic carbocycles. The summed E-state index contributed by atoms with van der Waals surface area (Å²) < 4.78 is 40.9. The monoisotopic (exact) mass is 388 g/mol. The van der Waals surface area contributed by atoms with Crippen molar-refractivity contribution in [2.45, 2.75) is 19.4 Å². The van der Waals surface area contributed by atoms with Crippen LogP contribution in [0.4, 0.5) is 15.8 Å². The van der Waals surface area contributed by atoms with Crippen LogP contribution in [-0.4, -0.2) is 29.2 Å². The summed E-state index contributed by atoms with van der Waals surface area (Å²) in [6, 6.07) is 5.69. The molecule has 0 saturated heterocycles. The number of pyridine rings is 1. The van der Waals surface area contributed by atoms with E-state index in [1.807, 2.05) is 0 Å². The maximum atomic E-state index is 14.9. The fourth-order valence-corrected chi connectivity index (χ4v) is 3.93. The third-order valence-corrected chi connectivity index (χ3v) is 5.51. The van der Waals surface area contributed by atoms with Crippen molar-refractivity contribution in [3.05, 3.63) is 65.0 Å². The van der Waals surface area contributed by atoms with Crippen LogP contribution in [0.2, 0.25) is 0 Å². The average Bonchev–Trinajstić information content (AvgIpc) is 3.05. The van der Waals surface area contributed by atoms with Gasteiger partial charge in [-0.15, -0.1) is 0 Å². The maximum Gasteiger partial charge on any atom is 0.232 e. The predicted octanol–water partition coefficient (Wildman–Crippen LogP) is 3.49. The Morgan fingerprint density at radius 2 is 2.19 bits per heavy atom. The number of rotatable bonds is 6. The summed E-state index contributed by atoms with van der Waals surface area (Å²) in [6.07, 6.45) is 1.91. The minimum atomic E-state index is -3.67. The van der Waals surface area contributed by atoms with Gasteiger partial charge in [-0.05, 0) is 18.6 Å². The van der Waals surface area contributed by atoms with E-state index in [0.717, 1.165) is 0 Å². The Kier molecular flexibility index (Phi) is 5.12. The van der Waals surface area contributed by atoms with Gasteiger partial charge in [-0.1, -0.05) is 19.1 Å². The number of nitrogens with one attached hydrogen (secondary N) is 2. The number of aromatic amines is 1. The number of aliphatic hydroxyl groups is 1. The Hall–Kier alpha value is -2.96. The van der Waals surface area contributed by atoms with Crippen molar-refractivity contribution in [1.29, 1.82) is 0 Å². The summed E-state index contributed by atoms with van der Waals surface area (Å²) in [6.45, 7) is 8.79. The van der Waals surface area contributed by atoms with E-state index in [-0.39, 0.29) is 22.7 Å². The van der Waals surface area contributed by atoms with E-state index in [4.69, 9.17) is 6.57 Å². The normalized spacial score (nSPS) is 12.7. The highest BCUT2D eigenvalue weighted by Gasteiger charge is 2.22. The smallest absolute Gasteiger partial charge is 0.232 e. The van der Waals surface area contributed by atoms with Gasteiger partial charge in [0.25, 0.3) is 0 Å². The predicted molar refractivity (Wildman–Crippen MR) is 101 cm³/mol. The van der Waals surface area contributed by atoms with Crippen LogP contribution in [-0.2, 0) is 10.0 Å². The largest absolute Gasteiger partial charge is 0.383 e. The molecule has 3 aromatic rings. The minimum absolute atomic E-state index is 0.0826. The molecule has 0 aliphatic heterocycles. The van der Waals surface area contributed by atoms with E-state index in [1.54, 1.807) is 13.0 Å². The van der Waals surface area contributed by atoms with E-state index in [9.17, 15) is 17.9 Å². The first-order valence-electron chi connectivity index (χ1n) is 8.17. The number of halogens is 1. The molecule has 1 atom stereocenters. The van der Waals surface area contributed by atoms with Gasteiger partial charge in [0.2, 0.25) is 15.7 Å². The van der Waals surface area contributed by atoms with Crippen LogP contribution < -0.4 is 4.72 Å². The number of aliphatic hydroxyl groups excluding tert-OH is 1. The molecule has 3 rings (SSSR count). The Labute approximate surface area is 155 Å². The first-order valence-corrected chi connectivity index (χ1v) is 9.83. The fraction of sp³-hybridized carbons (Fsp3) is 0.222. The van der Waals surface area contributed by atoms with Crippen LogP contribution in [0.5, 0.6) is 0 Å². The van der Waals surface area contributed by atoms with Gasteiger partial charge in [0.1, 0.15) is 11.8 Å². The van der Waals surface area contributed by atoms with E-state index >= 15 is 0 Å². The van der Waals surface area contributed by atoms with Crippen molar-refractivity contribution >= 4 is 32.4 Å². The summed E-state index contributed by atoms with van der Waals surface area (Å²) in [5, 5.41) is 11.2. The number of H-pyrrole nitrogens is 1. The second kappa shape index (κ2) is 7.34. The average molecular weight is 388 g/mol. The van der Waals surface area contributed by atoms with Gasteiger partial charge < -0.3 is 10.1 Å². The quantitative estimate of drug-likeness (QED) is 0.563. The zero-order chi connectivity index (χ0) is 19.6. The number of fused-ring (bicyclic) bond motifs is 1. The molecule has 7 nitrogen and oxygen atoms in total. The molecule has 0 saturated carbocycles. The van der Waals surface area contributed by atoms with Crippen LogP contribution in [0.15, 0.2) is 36.7 Å². The molecule has 0 amide bonds. The molecular weight excluding hydrogens is 371 g/mol. The second-order valence-corrected chi connectivity index (χ2v) is 7.82. The maximum absolute atomic E-state index is 14.9. The van der Waals surface area contributed by atoms with Gasteiger partial charge in [-0.2, -0.15) is 0 Å². The summed E-state index contributed by atoms with van der Waals surface area (Å²) >= 11 is 0. The van der Waals surface area contributed by atoms with Crippen LogP contribution in [0.25, 0.3) is 15.9 Å². The summed E-state index contributed by atoms with van der Waals surface area (Å²) in [5.74, 6) is -0.986. The van der Waals surface area contributed by atoms with Crippen LogP contribution in [0, 0.1) is 12.4 Å². The second-order valence-electron chi connectivity index (χ2n) is 5.98. The molecule has 0 aliphatic carbocycles. The van der Waals surface area contributed by atoms with Gasteiger partial charge in [-0.25, -0.2) is 17.7 Å². The molecule has 0 aliphatic rings. The van der Waals surface area contributed by atoms with Gasteiger partial charge >= 0.3 is 0 Å². The molecular formula is C18H17FN4O3S. The van der Waals surface area contributed by atoms with E-state index in [2.05, 4.69) is 19.5 Å². The molecule has 0 radical (unpaired) electrons. The zero-order valence-corrected chi connectivity index (χ0v) is 15.2. The van der Waals surface area contributed by atoms with Crippen molar-refractivity contribution in [2.24, 2.45) is 0 Å². The lowest BCUT2D eigenvalue weighted by atomic mass is 10.0. The van der Waals surface area contributed by atoms with Crippen molar-refractivity contribution < 1.29 is 17.9 Å². The highest BCUT2D eigenvalue weighted by molar-refractivity contribution is 7.92. The first-order chi connectivity index (χ1) is 12.9. The number of hydrogen-bond donors (Lipinski definition) is 3. The number of benzene rings is 1. The Morgan fingerprint density at radius 1 is 1.41 bits per heavy atom. The van der Waals surface area contributed by atoms with Gasteiger partial charge in [0, 0.05) is 28.9 Å². The molecule has 27 heavy (non-hydrogen) atoms. The van der Waals surface area contributed by atoms with Gasteiger partial charge in [0.05, 0.1) is 18.0 Å². The lowest BCUT2D eigenvalue weighted by Crippen LogP contribution is -2.17. The molecule has 1 unspecified atom stereocenters. The zero-order valence-electron chi connectivity index (χ0n) is 14.4. The molecule has 9 heteroatoms. The molecule has 3 N–H and O–H groups in total. The third-order valence-electron chi connectivity index (χ3n) is 4.03. The Bertz CT molecular complexity index is 1140. The topological polar surface area (TPSA) is 99.4 Å². The van der Waals surface area contributed by atoms with Crippen molar-refractivity contribution in [3.8, 4) is 0 Å². The Balaban J connectivity index is 2.02. The van der Waals surface area contributed by atoms with E-state index < -0.39 is 21.9 Å². The summed E-state index contributed by atoms with van der Waals surface area (Å²) in [4.78, 5) is 10.3. The summed E-state index contributed by atoms with van der Waals surface area (Å²) in [5.41, 5.74) is 0.782. The standard InChI is InChI=1S/C18H17FN4O3S/c1-3-7-27(25,26)23-15-6-4-5-12(16(15)19)17(24)14-10-22-18-13(14)8-11(20-2)9-21-18/h4-6,8-10,17,23-24H,3,7H2,1H3,(H,21,22). The fourth-order valence-electron chi connectivity index (χ4n) is 2.79. The number of hydrogen-bond acceptors (Lipinski definition) is 4.